The van der Waals surface area contributed by atoms with Crippen LogP contribution in [0.5, 0.6) is 0 Å². The van der Waals surface area contributed by atoms with E-state index in [9.17, 15) is 27.6 Å². The zero-order chi connectivity index (χ0) is 28.0. The Morgan fingerprint density at radius 2 is 1.59 bits per heavy atom. The number of nitrogens with zero attached hydrogens (tertiary/aromatic N) is 3. The maximum atomic E-state index is 12.9. The highest BCUT2D eigenvalue weighted by Crippen LogP contribution is 2.29. The summed E-state index contributed by atoms with van der Waals surface area (Å²) < 4.78 is 38.6. The Hall–Kier alpha value is -3.24. The summed E-state index contributed by atoms with van der Waals surface area (Å²) in [6.45, 7) is 8.36. The molecule has 0 saturated carbocycles. The van der Waals surface area contributed by atoms with Crippen molar-refractivity contribution in [2.24, 2.45) is 5.92 Å². The summed E-state index contributed by atoms with van der Waals surface area (Å²) in [6.07, 6.45) is -3.30. The van der Waals surface area contributed by atoms with Crippen LogP contribution in [0.4, 0.5) is 13.2 Å². The Bertz CT molecular complexity index is 1180. The largest absolute Gasteiger partial charge is 0.416 e. The lowest BCUT2D eigenvalue weighted by Gasteiger charge is -2.35. The van der Waals surface area contributed by atoms with E-state index in [1.165, 1.54) is 12.1 Å². The highest BCUT2D eigenvalue weighted by molar-refractivity contribution is 5.97. The smallest absolute Gasteiger partial charge is 0.345 e. The number of carbonyl (C=O) groups is 3. The van der Waals surface area contributed by atoms with E-state index in [4.69, 9.17) is 0 Å². The van der Waals surface area contributed by atoms with Crippen molar-refractivity contribution in [2.75, 3.05) is 58.9 Å². The molecule has 4 rings (SSSR count). The van der Waals surface area contributed by atoms with E-state index in [1.807, 2.05) is 36.1 Å². The molecule has 2 aliphatic rings. The Morgan fingerprint density at radius 3 is 2.31 bits per heavy atom. The van der Waals surface area contributed by atoms with Crippen LogP contribution in [0.3, 0.4) is 0 Å². The molecule has 2 saturated heterocycles. The van der Waals surface area contributed by atoms with E-state index in [2.05, 4.69) is 15.1 Å². The average Bonchev–Trinajstić information content (AvgIpc) is 3.37. The molecule has 0 spiro atoms. The summed E-state index contributed by atoms with van der Waals surface area (Å²) in [7, 11) is 0. The molecule has 2 heterocycles. The normalized spacial score (nSPS) is 18.8. The molecule has 0 aliphatic carbocycles. The standard InChI is InChI=1S/C29H35F3N4O3/c1-21-4-2-6-24(16-21)28(39)36-14-12-34(13-15-36)10-11-35-9-8-22(20-35)17-26(37)19-33-27(38)23-5-3-7-25(18-23)29(30,31)32/h2-7,16,18,22H,8-15,17,19-20H2,1H3,(H,33,38)/t22-/m0/s1. The van der Waals surface area contributed by atoms with E-state index in [0.29, 0.717) is 19.5 Å². The minimum atomic E-state index is -4.53. The van der Waals surface area contributed by atoms with Crippen LogP contribution in [-0.4, -0.2) is 91.2 Å². The van der Waals surface area contributed by atoms with Crippen molar-refractivity contribution in [3.05, 3.63) is 70.8 Å². The molecule has 10 heteroatoms. The predicted molar refractivity (Wildman–Crippen MR) is 141 cm³/mol. The minimum absolute atomic E-state index is 0.0800. The van der Waals surface area contributed by atoms with Gasteiger partial charge in [0.1, 0.15) is 0 Å². The molecular formula is C29H35F3N4O3. The molecular weight excluding hydrogens is 509 g/mol. The van der Waals surface area contributed by atoms with Gasteiger partial charge in [-0.25, -0.2) is 0 Å². The first-order valence-corrected chi connectivity index (χ1v) is 13.4. The number of hydrogen-bond donors (Lipinski definition) is 1. The van der Waals surface area contributed by atoms with Crippen LogP contribution in [0.2, 0.25) is 0 Å². The number of hydrogen-bond acceptors (Lipinski definition) is 5. The van der Waals surface area contributed by atoms with Crippen molar-refractivity contribution in [1.29, 1.82) is 0 Å². The molecule has 2 aromatic rings. The summed E-state index contributed by atoms with van der Waals surface area (Å²) in [5.41, 5.74) is 0.788. The summed E-state index contributed by atoms with van der Waals surface area (Å²) in [5, 5.41) is 2.45. The number of carbonyl (C=O) groups excluding carboxylic acids is 3. The first-order chi connectivity index (χ1) is 18.6. The van der Waals surface area contributed by atoms with Gasteiger partial charge in [0.2, 0.25) is 0 Å². The molecule has 0 aromatic heterocycles. The number of aryl methyl sites for hydroxylation is 1. The van der Waals surface area contributed by atoms with Gasteiger partial charge in [0.25, 0.3) is 11.8 Å². The summed E-state index contributed by atoms with van der Waals surface area (Å²) >= 11 is 0. The van der Waals surface area contributed by atoms with Crippen LogP contribution in [0.25, 0.3) is 0 Å². The summed E-state index contributed by atoms with van der Waals surface area (Å²) in [6, 6.07) is 11.8. The number of benzene rings is 2. The minimum Gasteiger partial charge on any atom is -0.345 e. The van der Waals surface area contributed by atoms with Gasteiger partial charge in [-0.1, -0.05) is 23.8 Å². The van der Waals surface area contributed by atoms with E-state index in [1.54, 1.807) is 0 Å². The molecule has 7 nitrogen and oxygen atoms in total. The van der Waals surface area contributed by atoms with Crippen LogP contribution in [0.15, 0.2) is 48.5 Å². The van der Waals surface area contributed by atoms with Crippen LogP contribution >= 0.6 is 0 Å². The monoisotopic (exact) mass is 544 g/mol. The second kappa shape index (κ2) is 12.7. The first-order valence-electron chi connectivity index (χ1n) is 13.4. The van der Waals surface area contributed by atoms with Crippen LogP contribution < -0.4 is 5.32 Å². The molecule has 0 unspecified atom stereocenters. The van der Waals surface area contributed by atoms with E-state index >= 15 is 0 Å². The lowest BCUT2D eigenvalue weighted by atomic mass is 10.0. The Kier molecular flexibility index (Phi) is 9.40. The fourth-order valence-electron chi connectivity index (χ4n) is 5.21. The summed E-state index contributed by atoms with van der Waals surface area (Å²) in [5.74, 6) is -0.539. The molecule has 1 atom stereocenters. The molecule has 1 N–H and O–H groups in total. The second-order valence-electron chi connectivity index (χ2n) is 10.5. The van der Waals surface area contributed by atoms with Crippen molar-refractivity contribution >= 4 is 17.6 Å². The molecule has 0 bridgehead atoms. The zero-order valence-corrected chi connectivity index (χ0v) is 22.2. The van der Waals surface area contributed by atoms with Gasteiger partial charge in [-0.3, -0.25) is 19.3 Å². The highest BCUT2D eigenvalue weighted by atomic mass is 19.4. The van der Waals surface area contributed by atoms with E-state index < -0.39 is 17.6 Å². The van der Waals surface area contributed by atoms with Gasteiger partial charge in [0.05, 0.1) is 12.1 Å². The Balaban J connectivity index is 1.13. The molecule has 2 aromatic carbocycles. The molecule has 2 aliphatic heterocycles. The summed E-state index contributed by atoms with van der Waals surface area (Å²) in [4.78, 5) is 44.0. The van der Waals surface area contributed by atoms with Crippen molar-refractivity contribution in [1.82, 2.24) is 20.0 Å². The van der Waals surface area contributed by atoms with Gasteiger partial charge in [0, 0.05) is 63.4 Å². The van der Waals surface area contributed by atoms with Crippen LogP contribution in [0.1, 0.15) is 44.7 Å². The lowest BCUT2D eigenvalue weighted by Crippen LogP contribution is -2.50. The number of likely N-dealkylation sites (tertiary alicyclic amines) is 1. The molecule has 210 valence electrons. The third kappa shape index (κ3) is 8.12. The number of Topliss-reactive ketones (excluding diaryl/α,β-unsaturated/α-hetero) is 1. The number of nitrogens with one attached hydrogen (secondary N) is 1. The zero-order valence-electron chi connectivity index (χ0n) is 22.2. The topological polar surface area (TPSA) is 73.0 Å². The van der Waals surface area contributed by atoms with Crippen LogP contribution in [-0.2, 0) is 11.0 Å². The number of rotatable bonds is 9. The number of piperazine rings is 1. The van der Waals surface area contributed by atoms with Gasteiger partial charge >= 0.3 is 6.18 Å². The third-order valence-corrected chi connectivity index (χ3v) is 7.44. The first kappa shape index (κ1) is 28.8. The molecule has 0 radical (unpaired) electrons. The van der Waals surface area contributed by atoms with Crippen molar-refractivity contribution in [2.45, 2.75) is 25.9 Å². The van der Waals surface area contributed by atoms with Gasteiger partial charge in [0.15, 0.2) is 5.78 Å². The Morgan fingerprint density at radius 1 is 0.897 bits per heavy atom. The maximum Gasteiger partial charge on any atom is 0.416 e. The molecule has 39 heavy (non-hydrogen) atoms. The molecule has 2 fully saturated rings. The Labute approximate surface area is 226 Å². The van der Waals surface area contributed by atoms with Gasteiger partial charge in [-0.15, -0.1) is 0 Å². The lowest BCUT2D eigenvalue weighted by molar-refractivity contribution is -0.137. The highest BCUT2D eigenvalue weighted by Gasteiger charge is 2.31. The van der Waals surface area contributed by atoms with Gasteiger partial charge < -0.3 is 15.1 Å². The number of alkyl halides is 3. The number of halogens is 3. The van der Waals surface area contributed by atoms with Gasteiger partial charge in [-0.2, -0.15) is 13.2 Å². The number of ketones is 1. The van der Waals surface area contributed by atoms with Crippen molar-refractivity contribution < 1.29 is 27.6 Å². The fourth-order valence-corrected chi connectivity index (χ4v) is 5.21. The second-order valence-corrected chi connectivity index (χ2v) is 10.5. The average molecular weight is 545 g/mol. The molecule has 2 amide bonds. The predicted octanol–water partition coefficient (Wildman–Crippen LogP) is 3.48. The van der Waals surface area contributed by atoms with Crippen molar-refractivity contribution in [3.8, 4) is 0 Å². The SMILES string of the molecule is Cc1cccc(C(=O)N2CCN(CCN3CC[C@@H](CC(=O)CNC(=O)c4cccc(C(F)(F)F)c4)C3)CC2)c1. The van der Waals surface area contributed by atoms with Gasteiger partial charge in [-0.05, 0) is 56.1 Å². The van der Waals surface area contributed by atoms with E-state index in [0.717, 1.165) is 68.9 Å². The quantitative estimate of drug-likeness (QED) is 0.524. The fraction of sp³-hybridized carbons (Fsp3) is 0.483. The van der Waals surface area contributed by atoms with Crippen molar-refractivity contribution in [3.63, 3.8) is 0 Å². The number of amides is 2. The third-order valence-electron chi connectivity index (χ3n) is 7.44. The van der Waals surface area contributed by atoms with E-state index in [-0.39, 0.29) is 29.7 Å². The maximum absolute atomic E-state index is 12.9. The van der Waals surface area contributed by atoms with Crippen LogP contribution in [0, 0.1) is 12.8 Å².